The molecule has 1 aromatic rings. The molecule has 106 valence electrons. The fourth-order valence-electron chi connectivity index (χ4n) is 3.41. The predicted octanol–water partition coefficient (Wildman–Crippen LogP) is 2.46. The van der Waals surface area contributed by atoms with Crippen molar-refractivity contribution in [3.63, 3.8) is 0 Å². The number of hydrogen-bond donors (Lipinski definition) is 0. The molecule has 1 fully saturated rings. The Morgan fingerprint density at radius 3 is 2.74 bits per heavy atom. The summed E-state index contributed by atoms with van der Waals surface area (Å²) in [6.45, 7) is 5.65. The van der Waals surface area contributed by atoms with E-state index in [4.69, 9.17) is 4.74 Å². The van der Waals surface area contributed by atoms with Crippen molar-refractivity contribution in [1.82, 2.24) is 4.98 Å². The summed E-state index contributed by atoms with van der Waals surface area (Å²) in [6.07, 6.45) is 9.70. The Kier molecular flexibility index (Phi) is 5.58. The van der Waals surface area contributed by atoms with Gasteiger partial charge in [-0.25, -0.2) is 0 Å². The van der Waals surface area contributed by atoms with Gasteiger partial charge in [-0.3, -0.25) is 4.98 Å². The van der Waals surface area contributed by atoms with Crippen LogP contribution in [-0.2, 0) is 4.74 Å². The molecule has 0 aliphatic heterocycles. The third-order valence-electron chi connectivity index (χ3n) is 4.14. The quantitative estimate of drug-likeness (QED) is 0.564. The number of hydrogen-bond acceptors (Lipinski definition) is 2. The van der Waals surface area contributed by atoms with Crippen LogP contribution in [0.25, 0.3) is 0 Å². The third kappa shape index (κ3) is 4.73. The van der Waals surface area contributed by atoms with Gasteiger partial charge in [-0.05, 0) is 42.7 Å². The van der Waals surface area contributed by atoms with Gasteiger partial charge in [-0.2, -0.15) is 0 Å². The molecule has 19 heavy (non-hydrogen) atoms. The second-order valence-electron chi connectivity index (χ2n) is 6.43. The van der Waals surface area contributed by atoms with Crippen molar-refractivity contribution in [2.75, 3.05) is 12.8 Å². The van der Waals surface area contributed by atoms with Crippen molar-refractivity contribution in [3.05, 3.63) is 24.4 Å². The summed E-state index contributed by atoms with van der Waals surface area (Å²) in [7, 11) is -0.336. The lowest BCUT2D eigenvalue weighted by Gasteiger charge is -2.30. The summed E-state index contributed by atoms with van der Waals surface area (Å²) in [5.74, 6) is 0.787. The van der Waals surface area contributed by atoms with Crippen LogP contribution in [0.15, 0.2) is 24.4 Å². The van der Waals surface area contributed by atoms with E-state index in [-0.39, 0.29) is 9.52 Å². The molecular formula is C16H27NOSi. The average molecular weight is 277 g/mol. The third-order valence-corrected chi connectivity index (χ3v) is 5.57. The fourth-order valence-corrected chi connectivity index (χ4v) is 4.44. The molecule has 0 radical (unpaired) electrons. The molecule has 0 amide bonds. The highest BCUT2D eigenvalue weighted by atomic mass is 28.2. The van der Waals surface area contributed by atoms with Gasteiger partial charge in [0.2, 0.25) is 0 Å². The molecule has 1 heterocycles. The van der Waals surface area contributed by atoms with Crippen molar-refractivity contribution < 1.29 is 4.74 Å². The first kappa shape index (κ1) is 14.7. The summed E-state index contributed by atoms with van der Waals surface area (Å²) in [5, 5.41) is 1.27. The van der Waals surface area contributed by atoms with Crippen LogP contribution in [0.1, 0.15) is 46.0 Å². The van der Waals surface area contributed by atoms with Crippen LogP contribution < -0.4 is 5.32 Å². The smallest absolute Gasteiger partial charge is 0.108 e. The number of ether oxygens (including phenoxy) is 1. The van der Waals surface area contributed by atoms with Gasteiger partial charge in [0.05, 0.1) is 6.61 Å². The summed E-state index contributed by atoms with van der Waals surface area (Å²) in [6, 6.07) is 6.19. The van der Waals surface area contributed by atoms with E-state index >= 15 is 0 Å². The molecule has 0 atom stereocenters. The predicted molar refractivity (Wildman–Crippen MR) is 83.6 cm³/mol. The first-order chi connectivity index (χ1) is 9.20. The zero-order valence-corrected chi connectivity index (χ0v) is 13.8. The topological polar surface area (TPSA) is 22.1 Å². The first-order valence-corrected chi connectivity index (χ1v) is 9.39. The van der Waals surface area contributed by atoms with Gasteiger partial charge in [-0.1, -0.05) is 32.8 Å². The molecule has 0 saturated heterocycles. The van der Waals surface area contributed by atoms with Gasteiger partial charge in [-0.15, -0.1) is 0 Å². The maximum atomic E-state index is 6.05. The van der Waals surface area contributed by atoms with Crippen molar-refractivity contribution in [2.24, 2.45) is 11.3 Å². The monoisotopic (exact) mass is 277 g/mol. The first-order valence-electron chi connectivity index (χ1n) is 7.68. The molecule has 3 heteroatoms. The summed E-state index contributed by atoms with van der Waals surface area (Å²) < 4.78 is 6.05. The van der Waals surface area contributed by atoms with E-state index in [9.17, 15) is 0 Å². The summed E-state index contributed by atoms with van der Waals surface area (Å²) in [4.78, 5) is 4.40. The van der Waals surface area contributed by atoms with Gasteiger partial charge in [0.15, 0.2) is 0 Å². The minimum atomic E-state index is -0.336. The maximum Gasteiger partial charge on any atom is 0.108 e. The maximum absolute atomic E-state index is 6.05. The van der Waals surface area contributed by atoms with Gasteiger partial charge in [0.1, 0.15) is 9.52 Å². The lowest BCUT2D eigenvalue weighted by molar-refractivity contribution is 0.0563. The molecule has 2 nitrogen and oxygen atoms in total. The van der Waals surface area contributed by atoms with E-state index in [0.717, 1.165) is 18.8 Å². The Bertz CT molecular complexity index is 360. The second-order valence-corrected chi connectivity index (χ2v) is 8.06. The molecular weight excluding hydrogens is 250 g/mol. The standard InChI is InChI=1S/C16H27NOSi/c1-14(2)11-16(8-4-5-9-16)12-18-13-19-15-7-3-6-10-17-15/h3,6-7,10,14H,4-5,8-9,11-13,19H2,1-2H3. The lowest BCUT2D eigenvalue weighted by Crippen LogP contribution is -2.29. The van der Waals surface area contributed by atoms with Gasteiger partial charge < -0.3 is 4.74 Å². The molecule has 0 aromatic carbocycles. The van der Waals surface area contributed by atoms with Gasteiger partial charge in [0.25, 0.3) is 0 Å². The van der Waals surface area contributed by atoms with Crippen LogP contribution >= 0.6 is 0 Å². The van der Waals surface area contributed by atoms with Gasteiger partial charge >= 0.3 is 0 Å². The van der Waals surface area contributed by atoms with Crippen LogP contribution in [0.2, 0.25) is 0 Å². The summed E-state index contributed by atoms with van der Waals surface area (Å²) >= 11 is 0. The van der Waals surface area contributed by atoms with E-state index in [0.29, 0.717) is 5.41 Å². The Balaban J connectivity index is 1.74. The van der Waals surface area contributed by atoms with Crippen LogP contribution in [0.3, 0.4) is 0 Å². The van der Waals surface area contributed by atoms with E-state index in [1.807, 2.05) is 12.3 Å². The second kappa shape index (κ2) is 7.20. The molecule has 0 N–H and O–H groups in total. The van der Waals surface area contributed by atoms with Crippen LogP contribution in [-0.4, -0.2) is 27.3 Å². The zero-order chi connectivity index (χ0) is 13.6. The molecule has 1 saturated carbocycles. The number of rotatable bonds is 7. The van der Waals surface area contributed by atoms with Gasteiger partial charge in [0, 0.05) is 17.7 Å². The number of aromatic nitrogens is 1. The minimum Gasteiger partial charge on any atom is -0.384 e. The molecule has 1 aromatic heterocycles. The molecule has 0 spiro atoms. The average Bonchev–Trinajstić information content (AvgIpc) is 2.84. The van der Waals surface area contributed by atoms with Crippen LogP contribution in [0, 0.1) is 11.3 Å². The van der Waals surface area contributed by atoms with Crippen molar-refractivity contribution >= 4 is 14.8 Å². The van der Waals surface area contributed by atoms with Crippen LogP contribution in [0.4, 0.5) is 0 Å². The van der Waals surface area contributed by atoms with E-state index in [1.54, 1.807) is 0 Å². The number of nitrogens with zero attached hydrogens (tertiary/aromatic N) is 1. The zero-order valence-electron chi connectivity index (χ0n) is 12.4. The molecule has 2 rings (SSSR count). The van der Waals surface area contributed by atoms with E-state index < -0.39 is 0 Å². The Hall–Kier alpha value is -0.673. The highest BCUT2D eigenvalue weighted by Crippen LogP contribution is 2.43. The van der Waals surface area contributed by atoms with E-state index in [1.165, 1.54) is 37.4 Å². The van der Waals surface area contributed by atoms with E-state index in [2.05, 4.69) is 31.0 Å². The number of pyridine rings is 1. The molecule has 0 bridgehead atoms. The van der Waals surface area contributed by atoms with Crippen LogP contribution in [0.5, 0.6) is 0 Å². The summed E-state index contributed by atoms with van der Waals surface area (Å²) in [5.41, 5.74) is 0.493. The molecule has 1 aliphatic carbocycles. The molecule has 1 aliphatic rings. The van der Waals surface area contributed by atoms with Crippen molar-refractivity contribution in [1.29, 1.82) is 0 Å². The lowest BCUT2D eigenvalue weighted by atomic mass is 9.79. The SMILES string of the molecule is CC(C)CC1(COC[SiH2]c2ccccn2)CCCC1. The Labute approximate surface area is 119 Å². The minimum absolute atomic E-state index is 0.336. The van der Waals surface area contributed by atoms with Crippen molar-refractivity contribution in [2.45, 2.75) is 46.0 Å². The van der Waals surface area contributed by atoms with Crippen molar-refractivity contribution in [3.8, 4) is 0 Å². The largest absolute Gasteiger partial charge is 0.384 e. The fraction of sp³-hybridized carbons (Fsp3) is 0.688. The normalized spacial score (nSPS) is 18.7. The highest BCUT2D eigenvalue weighted by molar-refractivity contribution is 6.52. The Morgan fingerprint density at radius 1 is 1.32 bits per heavy atom. The molecule has 0 unspecified atom stereocenters. The Morgan fingerprint density at radius 2 is 2.11 bits per heavy atom. The highest BCUT2D eigenvalue weighted by Gasteiger charge is 2.34.